The molecule has 1 aliphatic heterocycles. The van der Waals surface area contributed by atoms with Crippen LogP contribution >= 0.6 is 23.2 Å². The molecule has 2 aromatic rings. The fourth-order valence-corrected chi connectivity index (χ4v) is 3.22. The van der Waals surface area contributed by atoms with Crippen LogP contribution < -0.4 is 4.90 Å². The van der Waals surface area contributed by atoms with E-state index in [9.17, 15) is 13.2 Å². The smallest absolute Gasteiger partial charge is 0.353 e. The molecule has 0 radical (unpaired) electrons. The molecule has 0 unspecified atom stereocenters. The number of hydrogen-bond acceptors (Lipinski definition) is 4. The Bertz CT molecular complexity index is 746. The lowest BCUT2D eigenvalue weighted by atomic mass is 10.2. The predicted molar refractivity (Wildman–Crippen MR) is 91.0 cm³/mol. The molecule has 0 bridgehead atoms. The number of halogens is 5. The maximum Gasteiger partial charge on any atom is 0.417 e. The predicted octanol–water partition coefficient (Wildman–Crippen LogP) is 4.12. The van der Waals surface area contributed by atoms with Crippen LogP contribution in [0.4, 0.5) is 19.0 Å². The summed E-state index contributed by atoms with van der Waals surface area (Å²) in [7, 11) is 0. The second-order valence-electron chi connectivity index (χ2n) is 5.78. The number of hydrogen-bond donors (Lipinski definition) is 0. The molecule has 0 spiro atoms. The van der Waals surface area contributed by atoms with Gasteiger partial charge in [-0.1, -0.05) is 23.2 Å². The van der Waals surface area contributed by atoms with Crippen LogP contribution in [0.5, 0.6) is 0 Å². The van der Waals surface area contributed by atoms with Crippen LogP contribution in [-0.2, 0) is 12.7 Å². The van der Waals surface area contributed by atoms with Gasteiger partial charge in [0.25, 0.3) is 0 Å². The average molecular weight is 391 g/mol. The van der Waals surface area contributed by atoms with Gasteiger partial charge >= 0.3 is 6.18 Å². The molecule has 25 heavy (non-hydrogen) atoms. The average Bonchev–Trinajstić information content (AvgIpc) is 2.55. The molecule has 9 heteroatoms. The number of alkyl halides is 3. The van der Waals surface area contributed by atoms with Gasteiger partial charge in [0.2, 0.25) is 0 Å². The lowest BCUT2D eigenvalue weighted by Crippen LogP contribution is -2.46. The first-order valence-corrected chi connectivity index (χ1v) is 8.39. The zero-order valence-corrected chi connectivity index (χ0v) is 14.6. The highest BCUT2D eigenvalue weighted by Gasteiger charge is 2.32. The molecule has 4 nitrogen and oxygen atoms in total. The highest BCUT2D eigenvalue weighted by molar-refractivity contribution is 6.33. The summed E-state index contributed by atoms with van der Waals surface area (Å²) in [5.74, 6) is 0.390. The third-order valence-corrected chi connectivity index (χ3v) is 4.50. The Morgan fingerprint density at radius 3 is 2.36 bits per heavy atom. The lowest BCUT2D eigenvalue weighted by molar-refractivity contribution is -0.137. The van der Waals surface area contributed by atoms with Crippen molar-refractivity contribution in [2.75, 3.05) is 31.1 Å². The summed E-state index contributed by atoms with van der Waals surface area (Å²) in [4.78, 5) is 12.0. The van der Waals surface area contributed by atoms with Gasteiger partial charge in [-0.2, -0.15) is 13.2 Å². The van der Waals surface area contributed by atoms with Gasteiger partial charge in [0.05, 0.1) is 10.6 Å². The summed E-state index contributed by atoms with van der Waals surface area (Å²) < 4.78 is 38.1. The molecule has 0 aliphatic carbocycles. The van der Waals surface area contributed by atoms with E-state index in [1.54, 1.807) is 6.20 Å². The van der Waals surface area contributed by atoms with E-state index in [4.69, 9.17) is 23.2 Å². The van der Waals surface area contributed by atoms with Crippen LogP contribution in [-0.4, -0.2) is 41.0 Å². The monoisotopic (exact) mass is 390 g/mol. The number of piperazine rings is 1. The van der Waals surface area contributed by atoms with Crippen molar-refractivity contribution in [1.82, 2.24) is 14.9 Å². The zero-order chi connectivity index (χ0) is 18.0. The quantitative estimate of drug-likeness (QED) is 0.737. The summed E-state index contributed by atoms with van der Waals surface area (Å²) in [5.41, 5.74) is 0.230. The normalized spacial score (nSPS) is 16.3. The van der Waals surface area contributed by atoms with Gasteiger partial charge in [0.15, 0.2) is 0 Å². The standard InChI is InChI=1S/C16H15Cl2F3N4/c17-13-8-12(16(19,20)21)9-23-15(13)25-5-3-24(4-6-25)10-11-1-2-22-14(18)7-11/h1-2,7-9H,3-6,10H2. The summed E-state index contributed by atoms with van der Waals surface area (Å²) >= 11 is 11.9. The highest BCUT2D eigenvalue weighted by Crippen LogP contribution is 2.33. The third kappa shape index (κ3) is 4.54. The van der Waals surface area contributed by atoms with Gasteiger partial charge in [0.1, 0.15) is 11.0 Å². The van der Waals surface area contributed by atoms with Crippen molar-refractivity contribution in [3.8, 4) is 0 Å². The van der Waals surface area contributed by atoms with Gasteiger partial charge in [-0.15, -0.1) is 0 Å². The fraction of sp³-hybridized carbons (Fsp3) is 0.375. The maximum atomic E-state index is 12.7. The molecule has 0 N–H and O–H groups in total. The Balaban J connectivity index is 1.62. The maximum absolute atomic E-state index is 12.7. The fourth-order valence-electron chi connectivity index (χ4n) is 2.74. The number of rotatable bonds is 3. The number of pyridine rings is 2. The summed E-state index contributed by atoms with van der Waals surface area (Å²) in [6.07, 6.45) is -1.95. The van der Waals surface area contributed by atoms with Crippen LogP contribution in [0.15, 0.2) is 30.6 Å². The van der Waals surface area contributed by atoms with E-state index in [1.165, 1.54) is 0 Å². The largest absolute Gasteiger partial charge is 0.417 e. The zero-order valence-electron chi connectivity index (χ0n) is 13.1. The Morgan fingerprint density at radius 2 is 1.76 bits per heavy atom. The second kappa shape index (κ2) is 7.35. The molecule has 3 heterocycles. The van der Waals surface area contributed by atoms with Crippen molar-refractivity contribution >= 4 is 29.0 Å². The molecular formula is C16H15Cl2F3N4. The second-order valence-corrected chi connectivity index (χ2v) is 6.57. The topological polar surface area (TPSA) is 32.3 Å². The Kier molecular flexibility index (Phi) is 5.36. The number of nitrogens with zero attached hydrogens (tertiary/aromatic N) is 4. The molecule has 1 saturated heterocycles. The SMILES string of the molecule is FC(F)(F)c1cnc(N2CCN(Cc3ccnc(Cl)c3)CC2)c(Cl)c1. The van der Waals surface area contributed by atoms with E-state index in [0.29, 0.717) is 24.1 Å². The molecule has 3 rings (SSSR count). The molecule has 1 aliphatic rings. The molecular weight excluding hydrogens is 376 g/mol. The minimum absolute atomic E-state index is 0.0178. The molecule has 2 aromatic heterocycles. The minimum atomic E-state index is -4.44. The van der Waals surface area contributed by atoms with Crippen molar-refractivity contribution in [3.63, 3.8) is 0 Å². The molecule has 134 valence electrons. The van der Waals surface area contributed by atoms with Crippen molar-refractivity contribution in [1.29, 1.82) is 0 Å². The van der Waals surface area contributed by atoms with E-state index in [0.717, 1.165) is 37.5 Å². The van der Waals surface area contributed by atoms with E-state index in [2.05, 4.69) is 14.9 Å². The number of anilines is 1. The highest BCUT2D eigenvalue weighted by atomic mass is 35.5. The van der Waals surface area contributed by atoms with E-state index in [-0.39, 0.29) is 5.02 Å². The summed E-state index contributed by atoms with van der Waals surface area (Å²) in [5, 5.41) is 0.473. The van der Waals surface area contributed by atoms with Crippen LogP contribution in [0.3, 0.4) is 0 Å². The first kappa shape index (κ1) is 18.2. The summed E-state index contributed by atoms with van der Waals surface area (Å²) in [6, 6.07) is 4.66. The Hall–Kier alpha value is -1.57. The van der Waals surface area contributed by atoms with Crippen LogP contribution in [0.25, 0.3) is 0 Å². The summed E-state index contributed by atoms with van der Waals surface area (Å²) in [6.45, 7) is 3.51. The molecule has 0 atom stereocenters. The van der Waals surface area contributed by atoms with Crippen LogP contribution in [0.2, 0.25) is 10.2 Å². The van der Waals surface area contributed by atoms with Crippen molar-refractivity contribution in [3.05, 3.63) is 51.9 Å². The van der Waals surface area contributed by atoms with Gasteiger partial charge < -0.3 is 4.90 Å². The Morgan fingerprint density at radius 1 is 1.04 bits per heavy atom. The van der Waals surface area contributed by atoms with Crippen LogP contribution in [0, 0.1) is 0 Å². The van der Waals surface area contributed by atoms with E-state index < -0.39 is 11.7 Å². The third-order valence-electron chi connectivity index (χ3n) is 4.02. The van der Waals surface area contributed by atoms with Crippen molar-refractivity contribution in [2.45, 2.75) is 12.7 Å². The Labute approximate surface area is 153 Å². The van der Waals surface area contributed by atoms with Crippen molar-refractivity contribution in [2.24, 2.45) is 0 Å². The molecule has 0 aromatic carbocycles. The van der Waals surface area contributed by atoms with Gasteiger partial charge in [-0.25, -0.2) is 9.97 Å². The molecule has 0 amide bonds. The molecule has 1 fully saturated rings. The van der Waals surface area contributed by atoms with Crippen molar-refractivity contribution < 1.29 is 13.2 Å². The van der Waals surface area contributed by atoms with Crippen LogP contribution in [0.1, 0.15) is 11.1 Å². The van der Waals surface area contributed by atoms with Gasteiger partial charge in [-0.05, 0) is 23.8 Å². The van der Waals surface area contributed by atoms with Gasteiger partial charge in [-0.3, -0.25) is 4.90 Å². The minimum Gasteiger partial charge on any atom is -0.353 e. The number of aromatic nitrogens is 2. The lowest BCUT2D eigenvalue weighted by Gasteiger charge is -2.35. The van der Waals surface area contributed by atoms with E-state index >= 15 is 0 Å². The van der Waals surface area contributed by atoms with E-state index in [1.807, 2.05) is 17.0 Å². The molecule has 0 saturated carbocycles. The van der Waals surface area contributed by atoms with Gasteiger partial charge in [0, 0.05) is 45.1 Å². The first-order chi connectivity index (χ1) is 11.8. The first-order valence-electron chi connectivity index (χ1n) is 7.63.